The van der Waals surface area contributed by atoms with Crippen molar-refractivity contribution in [2.75, 3.05) is 11.1 Å². The van der Waals surface area contributed by atoms with Crippen LogP contribution in [0, 0.1) is 0 Å². The molecule has 0 radical (unpaired) electrons. The SMILES string of the molecule is CCSc1ccccc1NC(=O)N[C@H](C)C[C@H](O)c1ccco1. The maximum absolute atomic E-state index is 12.1. The summed E-state index contributed by atoms with van der Waals surface area (Å²) in [5.74, 6) is 1.44. The van der Waals surface area contributed by atoms with Crippen molar-refractivity contribution in [3.05, 3.63) is 48.4 Å². The van der Waals surface area contributed by atoms with Crippen LogP contribution in [0.5, 0.6) is 0 Å². The van der Waals surface area contributed by atoms with E-state index in [0.717, 1.165) is 16.3 Å². The molecule has 2 atom stereocenters. The Hall–Kier alpha value is -1.92. The molecule has 0 aliphatic carbocycles. The van der Waals surface area contributed by atoms with Gasteiger partial charge in [-0.3, -0.25) is 0 Å². The number of rotatable bonds is 7. The van der Waals surface area contributed by atoms with Gasteiger partial charge in [-0.05, 0) is 36.9 Å². The van der Waals surface area contributed by atoms with Crippen LogP contribution < -0.4 is 10.6 Å². The number of urea groups is 1. The van der Waals surface area contributed by atoms with E-state index in [1.165, 1.54) is 6.26 Å². The van der Waals surface area contributed by atoms with Crippen LogP contribution in [-0.4, -0.2) is 22.9 Å². The molecule has 0 fully saturated rings. The number of carbonyl (C=O) groups excluding carboxylic acids is 1. The van der Waals surface area contributed by atoms with Crippen LogP contribution in [0.1, 0.15) is 32.1 Å². The van der Waals surface area contributed by atoms with Crippen molar-refractivity contribution < 1.29 is 14.3 Å². The highest BCUT2D eigenvalue weighted by Crippen LogP contribution is 2.26. The summed E-state index contributed by atoms with van der Waals surface area (Å²) in [6, 6.07) is 10.7. The lowest BCUT2D eigenvalue weighted by Gasteiger charge is -2.18. The Balaban J connectivity index is 1.87. The van der Waals surface area contributed by atoms with Crippen LogP contribution in [0.15, 0.2) is 52.0 Å². The summed E-state index contributed by atoms with van der Waals surface area (Å²) < 4.78 is 5.16. The van der Waals surface area contributed by atoms with Gasteiger partial charge in [0.15, 0.2) is 0 Å². The Morgan fingerprint density at radius 1 is 1.30 bits per heavy atom. The van der Waals surface area contributed by atoms with Crippen molar-refractivity contribution in [2.24, 2.45) is 0 Å². The zero-order valence-electron chi connectivity index (χ0n) is 13.3. The molecule has 0 aliphatic rings. The van der Waals surface area contributed by atoms with E-state index in [9.17, 15) is 9.90 Å². The first-order valence-corrected chi connectivity index (χ1v) is 8.59. The second-order valence-corrected chi connectivity index (χ2v) is 6.50. The molecule has 124 valence electrons. The second kappa shape index (κ2) is 8.64. The van der Waals surface area contributed by atoms with Crippen LogP contribution in [0.2, 0.25) is 0 Å². The highest BCUT2D eigenvalue weighted by atomic mass is 32.2. The minimum atomic E-state index is -0.733. The van der Waals surface area contributed by atoms with Gasteiger partial charge in [-0.15, -0.1) is 11.8 Å². The Kier molecular flexibility index (Phi) is 6.55. The first-order valence-electron chi connectivity index (χ1n) is 7.61. The lowest BCUT2D eigenvalue weighted by molar-refractivity contribution is 0.130. The van der Waals surface area contributed by atoms with Crippen LogP contribution in [0.25, 0.3) is 0 Å². The molecule has 0 spiro atoms. The molecule has 3 N–H and O–H groups in total. The molecule has 1 aromatic carbocycles. The number of anilines is 1. The summed E-state index contributed by atoms with van der Waals surface area (Å²) in [5, 5.41) is 15.7. The average Bonchev–Trinajstić information content (AvgIpc) is 3.03. The number of hydrogen-bond donors (Lipinski definition) is 3. The van der Waals surface area contributed by atoms with E-state index in [4.69, 9.17) is 4.42 Å². The van der Waals surface area contributed by atoms with Gasteiger partial charge in [-0.25, -0.2) is 4.79 Å². The lowest BCUT2D eigenvalue weighted by Crippen LogP contribution is -2.37. The van der Waals surface area contributed by atoms with Gasteiger partial charge in [-0.2, -0.15) is 0 Å². The van der Waals surface area contributed by atoms with Crippen LogP contribution in [0.4, 0.5) is 10.5 Å². The number of carbonyl (C=O) groups is 1. The van der Waals surface area contributed by atoms with Crippen LogP contribution in [-0.2, 0) is 0 Å². The summed E-state index contributed by atoms with van der Waals surface area (Å²) >= 11 is 1.68. The molecule has 0 bridgehead atoms. The fourth-order valence-electron chi connectivity index (χ4n) is 2.22. The Labute approximate surface area is 140 Å². The highest BCUT2D eigenvalue weighted by Gasteiger charge is 2.16. The number of thioether (sulfide) groups is 1. The fourth-order valence-corrected chi connectivity index (χ4v) is 2.98. The predicted molar refractivity (Wildman–Crippen MR) is 92.7 cm³/mol. The van der Waals surface area contributed by atoms with E-state index in [1.807, 2.05) is 31.2 Å². The van der Waals surface area contributed by atoms with Gasteiger partial charge < -0.3 is 20.2 Å². The number of benzene rings is 1. The number of amides is 2. The van der Waals surface area contributed by atoms with Gasteiger partial charge in [0, 0.05) is 17.4 Å². The second-order valence-electron chi connectivity index (χ2n) is 5.20. The number of nitrogens with one attached hydrogen (secondary N) is 2. The average molecular weight is 334 g/mol. The van der Waals surface area contributed by atoms with Gasteiger partial charge in [-0.1, -0.05) is 19.1 Å². The Morgan fingerprint density at radius 3 is 2.78 bits per heavy atom. The molecule has 6 heteroatoms. The first kappa shape index (κ1) is 17.4. The normalized spacial score (nSPS) is 13.3. The third-order valence-corrected chi connectivity index (χ3v) is 4.22. The molecule has 0 unspecified atom stereocenters. The van der Waals surface area contributed by atoms with E-state index in [0.29, 0.717) is 12.2 Å². The van der Waals surface area contributed by atoms with Crippen molar-refractivity contribution in [1.29, 1.82) is 0 Å². The smallest absolute Gasteiger partial charge is 0.319 e. The van der Waals surface area contributed by atoms with Gasteiger partial charge in [0.1, 0.15) is 11.9 Å². The predicted octanol–water partition coefficient (Wildman–Crippen LogP) is 4.03. The molecule has 0 saturated carbocycles. The Bertz CT molecular complexity index is 616. The first-order chi connectivity index (χ1) is 11.1. The quantitative estimate of drug-likeness (QED) is 0.668. The maximum atomic E-state index is 12.1. The maximum Gasteiger partial charge on any atom is 0.319 e. The van der Waals surface area contributed by atoms with E-state index in [2.05, 4.69) is 17.6 Å². The van der Waals surface area contributed by atoms with Gasteiger partial charge >= 0.3 is 6.03 Å². The highest BCUT2D eigenvalue weighted by molar-refractivity contribution is 7.99. The molecular formula is C17H22N2O3S. The van der Waals surface area contributed by atoms with Crippen molar-refractivity contribution in [2.45, 2.75) is 37.3 Å². The van der Waals surface area contributed by atoms with E-state index in [-0.39, 0.29) is 12.1 Å². The van der Waals surface area contributed by atoms with Crippen molar-refractivity contribution in [3.8, 4) is 0 Å². The molecule has 0 saturated heterocycles. The molecule has 1 aromatic heterocycles. The van der Waals surface area contributed by atoms with Gasteiger partial charge in [0.25, 0.3) is 0 Å². The Morgan fingerprint density at radius 2 is 2.09 bits per heavy atom. The minimum absolute atomic E-state index is 0.193. The number of aliphatic hydroxyl groups is 1. The molecular weight excluding hydrogens is 312 g/mol. The van der Waals surface area contributed by atoms with E-state index < -0.39 is 6.10 Å². The zero-order chi connectivity index (χ0) is 16.7. The number of aliphatic hydroxyl groups excluding tert-OH is 1. The fraction of sp³-hybridized carbons (Fsp3) is 0.353. The third kappa shape index (κ3) is 5.33. The topological polar surface area (TPSA) is 74.5 Å². The van der Waals surface area contributed by atoms with Crippen molar-refractivity contribution in [3.63, 3.8) is 0 Å². The number of furan rings is 1. The zero-order valence-corrected chi connectivity index (χ0v) is 14.1. The molecule has 5 nitrogen and oxygen atoms in total. The van der Waals surface area contributed by atoms with Gasteiger partial charge in [0.05, 0.1) is 12.0 Å². The molecule has 23 heavy (non-hydrogen) atoms. The van der Waals surface area contributed by atoms with Gasteiger partial charge in [0.2, 0.25) is 0 Å². The summed E-state index contributed by atoms with van der Waals surface area (Å²) in [4.78, 5) is 13.1. The molecule has 1 heterocycles. The monoisotopic (exact) mass is 334 g/mol. The van der Waals surface area contributed by atoms with Crippen LogP contribution in [0.3, 0.4) is 0 Å². The summed E-state index contributed by atoms with van der Waals surface area (Å²) in [7, 11) is 0. The van der Waals surface area contributed by atoms with Crippen molar-refractivity contribution in [1.82, 2.24) is 5.32 Å². The molecule has 0 aliphatic heterocycles. The van der Waals surface area contributed by atoms with E-state index >= 15 is 0 Å². The largest absolute Gasteiger partial charge is 0.467 e. The molecule has 2 aromatic rings. The summed E-state index contributed by atoms with van der Waals surface area (Å²) in [6.45, 7) is 3.91. The summed E-state index contributed by atoms with van der Waals surface area (Å²) in [6.07, 6.45) is 1.17. The lowest BCUT2D eigenvalue weighted by atomic mass is 10.1. The molecule has 2 amide bonds. The summed E-state index contributed by atoms with van der Waals surface area (Å²) in [5.41, 5.74) is 0.788. The van der Waals surface area contributed by atoms with E-state index in [1.54, 1.807) is 23.9 Å². The standard InChI is InChI=1S/C17H22N2O3S/c1-3-23-16-9-5-4-7-13(16)19-17(21)18-12(2)11-14(20)15-8-6-10-22-15/h4-10,12,14,20H,3,11H2,1-2H3,(H2,18,19,21)/t12-,14+/m1/s1. The number of para-hydroxylation sites is 1. The third-order valence-electron chi connectivity index (χ3n) is 3.26. The minimum Gasteiger partial charge on any atom is -0.467 e. The molecule has 2 rings (SSSR count). The van der Waals surface area contributed by atoms with Crippen LogP contribution >= 0.6 is 11.8 Å². The van der Waals surface area contributed by atoms with Crippen molar-refractivity contribution >= 4 is 23.5 Å². The number of hydrogen-bond acceptors (Lipinski definition) is 4.